The number of aromatic nitrogens is 1. The van der Waals surface area contributed by atoms with Crippen molar-refractivity contribution in [2.45, 2.75) is 19.3 Å². The van der Waals surface area contributed by atoms with Crippen LogP contribution in [0.4, 0.5) is 0 Å². The molecule has 0 aromatic carbocycles. The van der Waals surface area contributed by atoms with Gasteiger partial charge in [0.15, 0.2) is 0 Å². The van der Waals surface area contributed by atoms with Gasteiger partial charge >= 0.3 is 0 Å². The zero-order chi connectivity index (χ0) is 12.1. The van der Waals surface area contributed by atoms with E-state index in [-0.39, 0.29) is 11.8 Å². The molecule has 1 aromatic rings. The lowest BCUT2D eigenvalue weighted by Crippen LogP contribution is -2.37. The van der Waals surface area contributed by atoms with Gasteiger partial charge in [0.2, 0.25) is 5.91 Å². The normalized spacial score (nSPS) is 15.1. The van der Waals surface area contributed by atoms with Crippen LogP contribution in [-0.4, -0.2) is 29.1 Å². The molecule has 0 bridgehead atoms. The number of hydrogen-bond donors (Lipinski definition) is 3. The molecule has 0 spiro atoms. The highest BCUT2D eigenvalue weighted by Gasteiger charge is 2.17. The van der Waals surface area contributed by atoms with Gasteiger partial charge in [-0.2, -0.15) is 5.10 Å². The van der Waals surface area contributed by atoms with Crippen LogP contribution < -0.4 is 10.7 Å². The van der Waals surface area contributed by atoms with Gasteiger partial charge in [0.25, 0.3) is 5.91 Å². The van der Waals surface area contributed by atoms with Gasteiger partial charge in [-0.15, -0.1) is 0 Å². The second kappa shape index (κ2) is 5.29. The number of hydrogen-bond acceptors (Lipinski definition) is 3. The van der Waals surface area contributed by atoms with E-state index in [2.05, 4.69) is 20.8 Å². The summed E-state index contributed by atoms with van der Waals surface area (Å²) in [5.41, 5.74) is 3.83. The van der Waals surface area contributed by atoms with E-state index in [4.69, 9.17) is 0 Å². The first-order valence-electron chi connectivity index (χ1n) is 5.51. The molecule has 0 radical (unpaired) electrons. The second-order valence-corrected chi connectivity index (χ2v) is 3.82. The van der Waals surface area contributed by atoms with Crippen LogP contribution in [0.3, 0.4) is 0 Å². The summed E-state index contributed by atoms with van der Waals surface area (Å²) in [5, 5.41) is 6.50. The van der Waals surface area contributed by atoms with Gasteiger partial charge in [0.1, 0.15) is 5.71 Å². The van der Waals surface area contributed by atoms with Gasteiger partial charge in [0.05, 0.1) is 0 Å². The van der Waals surface area contributed by atoms with Crippen molar-refractivity contribution in [3.05, 3.63) is 24.0 Å². The Morgan fingerprint density at radius 2 is 2.35 bits per heavy atom. The SMILES string of the molecule is O=C1CCC(C(=O)NCCc2cc[nH]c2)=NN1. The summed E-state index contributed by atoms with van der Waals surface area (Å²) in [6.45, 7) is 0.559. The van der Waals surface area contributed by atoms with E-state index in [1.165, 1.54) is 0 Å². The Morgan fingerprint density at radius 3 is 3.00 bits per heavy atom. The van der Waals surface area contributed by atoms with Crippen molar-refractivity contribution < 1.29 is 9.59 Å². The molecule has 1 aromatic heterocycles. The molecular formula is C11H14N4O2. The van der Waals surface area contributed by atoms with E-state index in [1.54, 1.807) is 0 Å². The number of aromatic amines is 1. The van der Waals surface area contributed by atoms with Crippen molar-refractivity contribution >= 4 is 17.5 Å². The molecule has 6 nitrogen and oxygen atoms in total. The summed E-state index contributed by atoms with van der Waals surface area (Å²) in [4.78, 5) is 25.4. The fourth-order valence-electron chi connectivity index (χ4n) is 1.57. The highest BCUT2D eigenvalue weighted by Crippen LogP contribution is 2.00. The summed E-state index contributed by atoms with van der Waals surface area (Å²) >= 11 is 0. The van der Waals surface area contributed by atoms with E-state index in [1.807, 2.05) is 18.5 Å². The lowest BCUT2D eigenvalue weighted by atomic mass is 10.1. The number of hydrazone groups is 1. The summed E-state index contributed by atoms with van der Waals surface area (Å²) in [6.07, 6.45) is 5.24. The maximum absolute atomic E-state index is 11.6. The van der Waals surface area contributed by atoms with Crippen molar-refractivity contribution in [2.24, 2.45) is 5.10 Å². The molecule has 90 valence electrons. The number of nitrogens with zero attached hydrogens (tertiary/aromatic N) is 1. The molecule has 0 unspecified atom stereocenters. The molecule has 2 amide bonds. The first-order chi connectivity index (χ1) is 8.25. The van der Waals surface area contributed by atoms with Gasteiger partial charge < -0.3 is 10.3 Å². The lowest BCUT2D eigenvalue weighted by molar-refractivity contribution is -0.121. The average molecular weight is 234 g/mol. The van der Waals surface area contributed by atoms with Crippen LogP contribution in [0.5, 0.6) is 0 Å². The predicted octanol–water partition coefficient (Wildman–Crippen LogP) is -0.0606. The maximum Gasteiger partial charge on any atom is 0.267 e. The Bertz CT molecular complexity index is 436. The van der Waals surface area contributed by atoms with Crippen LogP contribution >= 0.6 is 0 Å². The van der Waals surface area contributed by atoms with Gasteiger partial charge in [-0.3, -0.25) is 9.59 Å². The van der Waals surface area contributed by atoms with E-state index >= 15 is 0 Å². The molecule has 0 saturated carbocycles. The quantitative estimate of drug-likeness (QED) is 0.681. The molecule has 0 saturated heterocycles. The number of H-pyrrole nitrogens is 1. The molecular weight excluding hydrogens is 220 g/mol. The standard InChI is InChI=1S/C11H14N4O2/c16-10-2-1-9(14-15-10)11(17)13-6-4-8-3-5-12-7-8/h3,5,7,12H,1-2,4,6H2,(H,13,17)(H,15,16). The van der Waals surface area contributed by atoms with Crippen molar-refractivity contribution in [3.8, 4) is 0 Å². The van der Waals surface area contributed by atoms with Gasteiger partial charge in [0, 0.05) is 31.8 Å². The first kappa shape index (κ1) is 11.4. The zero-order valence-corrected chi connectivity index (χ0v) is 9.32. The van der Waals surface area contributed by atoms with Crippen molar-refractivity contribution in [2.75, 3.05) is 6.54 Å². The smallest absolute Gasteiger partial charge is 0.267 e. The number of carbonyl (C=O) groups is 2. The summed E-state index contributed by atoms with van der Waals surface area (Å²) in [5.74, 6) is -0.352. The lowest BCUT2D eigenvalue weighted by Gasteiger charge is -2.11. The summed E-state index contributed by atoms with van der Waals surface area (Å²) < 4.78 is 0. The first-order valence-corrected chi connectivity index (χ1v) is 5.51. The molecule has 0 fully saturated rings. The van der Waals surface area contributed by atoms with Crippen LogP contribution in [0, 0.1) is 0 Å². The molecule has 17 heavy (non-hydrogen) atoms. The summed E-state index contributed by atoms with van der Waals surface area (Å²) in [6, 6.07) is 1.96. The molecule has 1 aliphatic rings. The third kappa shape index (κ3) is 3.17. The van der Waals surface area contributed by atoms with Crippen LogP contribution in [0.1, 0.15) is 18.4 Å². The Labute approximate surface area is 98.5 Å². The van der Waals surface area contributed by atoms with Gasteiger partial charge in [-0.25, -0.2) is 5.43 Å². The Morgan fingerprint density at radius 1 is 1.47 bits per heavy atom. The number of nitrogens with one attached hydrogen (secondary N) is 3. The minimum atomic E-state index is -0.208. The fraction of sp³-hybridized carbons (Fsp3) is 0.364. The highest BCUT2D eigenvalue weighted by molar-refractivity contribution is 6.39. The topological polar surface area (TPSA) is 86.3 Å². The van der Waals surface area contributed by atoms with E-state index in [0.29, 0.717) is 25.1 Å². The largest absolute Gasteiger partial charge is 0.367 e. The molecule has 2 rings (SSSR count). The number of carbonyl (C=O) groups excluding carboxylic acids is 2. The molecule has 6 heteroatoms. The van der Waals surface area contributed by atoms with Crippen LogP contribution in [0.2, 0.25) is 0 Å². The Hall–Kier alpha value is -2.11. The second-order valence-electron chi connectivity index (χ2n) is 3.82. The molecule has 2 heterocycles. The number of amides is 2. The van der Waals surface area contributed by atoms with E-state index < -0.39 is 0 Å². The van der Waals surface area contributed by atoms with Crippen LogP contribution in [0.15, 0.2) is 23.6 Å². The van der Waals surface area contributed by atoms with Crippen molar-refractivity contribution in [1.29, 1.82) is 0 Å². The highest BCUT2D eigenvalue weighted by atomic mass is 16.2. The predicted molar refractivity (Wildman–Crippen MR) is 62.3 cm³/mol. The monoisotopic (exact) mass is 234 g/mol. The Kier molecular flexibility index (Phi) is 3.54. The van der Waals surface area contributed by atoms with Gasteiger partial charge in [-0.1, -0.05) is 0 Å². The molecule has 1 aliphatic heterocycles. The molecule has 3 N–H and O–H groups in total. The zero-order valence-electron chi connectivity index (χ0n) is 9.32. The van der Waals surface area contributed by atoms with E-state index in [9.17, 15) is 9.59 Å². The average Bonchev–Trinajstić information content (AvgIpc) is 2.83. The molecule has 0 aliphatic carbocycles. The third-order valence-corrected chi connectivity index (χ3v) is 2.53. The van der Waals surface area contributed by atoms with E-state index in [0.717, 1.165) is 12.0 Å². The summed E-state index contributed by atoms with van der Waals surface area (Å²) in [7, 11) is 0. The molecule has 0 atom stereocenters. The third-order valence-electron chi connectivity index (χ3n) is 2.53. The van der Waals surface area contributed by atoms with Crippen molar-refractivity contribution in [1.82, 2.24) is 15.7 Å². The number of rotatable bonds is 4. The van der Waals surface area contributed by atoms with Crippen LogP contribution in [-0.2, 0) is 16.0 Å². The minimum Gasteiger partial charge on any atom is -0.367 e. The van der Waals surface area contributed by atoms with Crippen molar-refractivity contribution in [3.63, 3.8) is 0 Å². The van der Waals surface area contributed by atoms with Gasteiger partial charge in [-0.05, 0) is 18.1 Å². The van der Waals surface area contributed by atoms with Crippen LogP contribution in [0.25, 0.3) is 0 Å². The Balaban J connectivity index is 1.76. The fourth-order valence-corrected chi connectivity index (χ4v) is 1.57. The minimum absolute atomic E-state index is 0.145. The maximum atomic E-state index is 11.6.